The van der Waals surface area contributed by atoms with Gasteiger partial charge in [0.1, 0.15) is 12.4 Å². The van der Waals surface area contributed by atoms with Gasteiger partial charge in [0.25, 0.3) is 5.56 Å². The summed E-state index contributed by atoms with van der Waals surface area (Å²) in [6.07, 6.45) is 3.29. The zero-order valence-electron chi connectivity index (χ0n) is 16.5. The van der Waals surface area contributed by atoms with E-state index in [-0.39, 0.29) is 18.0 Å². The van der Waals surface area contributed by atoms with Crippen LogP contribution in [-0.4, -0.2) is 15.5 Å². The Balaban J connectivity index is 1.66. The Morgan fingerprint density at radius 1 is 1.14 bits per heavy atom. The molecule has 29 heavy (non-hydrogen) atoms. The smallest absolute Gasteiger partial charge is 0.257 e. The summed E-state index contributed by atoms with van der Waals surface area (Å²) in [4.78, 5) is 30.3. The number of aryl methyl sites for hydroxylation is 3. The normalized spacial score (nSPS) is 12.7. The highest BCUT2D eigenvalue weighted by Gasteiger charge is 2.17. The van der Waals surface area contributed by atoms with Gasteiger partial charge in [-0.2, -0.15) is 0 Å². The van der Waals surface area contributed by atoms with Gasteiger partial charge in [-0.15, -0.1) is 0 Å². The van der Waals surface area contributed by atoms with Gasteiger partial charge >= 0.3 is 0 Å². The van der Waals surface area contributed by atoms with Crippen molar-refractivity contribution in [3.8, 4) is 11.4 Å². The van der Waals surface area contributed by atoms with Crippen molar-refractivity contribution in [3.63, 3.8) is 0 Å². The lowest BCUT2D eigenvalue weighted by Crippen LogP contribution is -2.31. The van der Waals surface area contributed by atoms with Crippen LogP contribution in [0.15, 0.2) is 47.3 Å². The minimum absolute atomic E-state index is 0.119. The van der Waals surface area contributed by atoms with E-state index < -0.39 is 0 Å². The van der Waals surface area contributed by atoms with Crippen molar-refractivity contribution in [2.24, 2.45) is 0 Å². The monoisotopic (exact) mass is 407 g/mol. The maximum absolute atomic E-state index is 12.9. The van der Waals surface area contributed by atoms with Crippen LogP contribution in [-0.2, 0) is 24.2 Å². The number of hydrogen-bond acceptors (Lipinski definition) is 3. The van der Waals surface area contributed by atoms with Crippen molar-refractivity contribution in [3.05, 3.63) is 80.2 Å². The molecule has 0 aliphatic heterocycles. The SMILES string of the molecule is Cc1nc(-c2cccc(Cl)c2)n(CC(=O)Nc2ccc3c(c2)CCC3)c(=O)c1C. The largest absolute Gasteiger partial charge is 0.325 e. The molecule has 1 N–H and O–H groups in total. The highest BCUT2D eigenvalue weighted by atomic mass is 35.5. The van der Waals surface area contributed by atoms with Gasteiger partial charge in [-0.05, 0) is 68.5 Å². The van der Waals surface area contributed by atoms with Crippen LogP contribution in [0.3, 0.4) is 0 Å². The van der Waals surface area contributed by atoms with Crippen molar-refractivity contribution >= 4 is 23.2 Å². The Morgan fingerprint density at radius 2 is 1.93 bits per heavy atom. The first-order valence-corrected chi connectivity index (χ1v) is 10.1. The minimum atomic E-state index is -0.265. The number of aromatic nitrogens is 2. The van der Waals surface area contributed by atoms with Gasteiger partial charge in [0, 0.05) is 27.5 Å². The summed E-state index contributed by atoms with van der Waals surface area (Å²) in [5.74, 6) is 0.170. The Kier molecular flexibility index (Phi) is 5.24. The van der Waals surface area contributed by atoms with E-state index in [4.69, 9.17) is 11.6 Å². The lowest BCUT2D eigenvalue weighted by molar-refractivity contribution is -0.116. The molecule has 0 atom stereocenters. The number of halogens is 1. The summed E-state index contributed by atoms with van der Waals surface area (Å²) in [5, 5.41) is 3.46. The number of hydrogen-bond donors (Lipinski definition) is 1. The fraction of sp³-hybridized carbons (Fsp3) is 0.261. The van der Waals surface area contributed by atoms with Crippen LogP contribution in [0.4, 0.5) is 5.69 Å². The Bertz CT molecular complexity index is 1170. The number of benzene rings is 2. The van der Waals surface area contributed by atoms with E-state index in [1.807, 2.05) is 18.2 Å². The van der Waals surface area contributed by atoms with Gasteiger partial charge < -0.3 is 5.32 Å². The molecule has 4 rings (SSSR count). The van der Waals surface area contributed by atoms with Crippen LogP contribution in [0.2, 0.25) is 5.02 Å². The number of nitrogens with zero attached hydrogens (tertiary/aromatic N) is 2. The molecule has 6 heteroatoms. The van der Waals surface area contributed by atoms with Crippen LogP contribution in [0, 0.1) is 13.8 Å². The number of rotatable bonds is 4. The summed E-state index contributed by atoms with van der Waals surface area (Å²) in [6.45, 7) is 3.40. The summed E-state index contributed by atoms with van der Waals surface area (Å²) in [5.41, 5.74) is 5.03. The summed E-state index contributed by atoms with van der Waals surface area (Å²) >= 11 is 6.12. The molecule has 0 radical (unpaired) electrons. The Morgan fingerprint density at radius 3 is 2.72 bits per heavy atom. The van der Waals surface area contributed by atoms with Crippen LogP contribution >= 0.6 is 11.6 Å². The molecule has 2 aromatic carbocycles. The lowest BCUT2D eigenvalue weighted by Gasteiger charge is -2.15. The van der Waals surface area contributed by atoms with E-state index in [0.29, 0.717) is 27.7 Å². The van der Waals surface area contributed by atoms with Crippen LogP contribution in [0.1, 0.15) is 28.8 Å². The van der Waals surface area contributed by atoms with E-state index >= 15 is 0 Å². The highest BCUT2D eigenvalue weighted by Crippen LogP contribution is 2.25. The second kappa shape index (κ2) is 7.84. The molecular weight excluding hydrogens is 386 g/mol. The number of carbonyl (C=O) groups excluding carboxylic acids is 1. The van der Waals surface area contributed by atoms with Crippen molar-refractivity contribution in [1.29, 1.82) is 0 Å². The zero-order valence-corrected chi connectivity index (χ0v) is 17.2. The van der Waals surface area contributed by atoms with Crippen molar-refractivity contribution < 1.29 is 4.79 Å². The highest BCUT2D eigenvalue weighted by molar-refractivity contribution is 6.30. The second-order valence-corrected chi connectivity index (χ2v) is 7.87. The van der Waals surface area contributed by atoms with Gasteiger partial charge in [0.2, 0.25) is 5.91 Å². The van der Waals surface area contributed by atoms with Gasteiger partial charge in [-0.25, -0.2) is 4.98 Å². The lowest BCUT2D eigenvalue weighted by atomic mass is 10.1. The maximum Gasteiger partial charge on any atom is 0.257 e. The first kappa shape index (κ1) is 19.4. The van der Waals surface area contributed by atoms with Crippen molar-refractivity contribution in [2.75, 3.05) is 5.32 Å². The third kappa shape index (κ3) is 3.96. The number of amides is 1. The number of anilines is 1. The average Bonchev–Trinajstić information content (AvgIpc) is 3.16. The third-order valence-electron chi connectivity index (χ3n) is 5.40. The van der Waals surface area contributed by atoms with Gasteiger partial charge in [-0.3, -0.25) is 14.2 Å². The molecule has 1 aliphatic carbocycles. The average molecular weight is 408 g/mol. The molecule has 1 amide bonds. The Hall–Kier alpha value is -2.92. The van der Waals surface area contributed by atoms with Gasteiger partial charge in [0.05, 0.1) is 0 Å². The van der Waals surface area contributed by atoms with Crippen molar-refractivity contribution in [2.45, 2.75) is 39.7 Å². The third-order valence-corrected chi connectivity index (χ3v) is 5.64. The van der Waals surface area contributed by atoms with Crippen LogP contribution in [0.5, 0.6) is 0 Å². The van der Waals surface area contributed by atoms with Gasteiger partial charge in [-0.1, -0.05) is 29.8 Å². The number of carbonyl (C=O) groups is 1. The summed E-state index contributed by atoms with van der Waals surface area (Å²) in [6, 6.07) is 13.1. The molecule has 5 nitrogen and oxygen atoms in total. The molecule has 1 aliphatic rings. The molecule has 148 valence electrons. The quantitative estimate of drug-likeness (QED) is 0.701. The van der Waals surface area contributed by atoms with E-state index in [2.05, 4.69) is 16.4 Å². The predicted octanol–water partition coefficient (Wildman–Crippen LogP) is 4.31. The number of nitrogens with one attached hydrogen (secondary N) is 1. The van der Waals surface area contributed by atoms with E-state index in [9.17, 15) is 9.59 Å². The van der Waals surface area contributed by atoms with E-state index in [1.54, 1.807) is 32.0 Å². The fourth-order valence-corrected chi connectivity index (χ4v) is 3.94. The fourth-order valence-electron chi connectivity index (χ4n) is 3.74. The molecule has 0 fully saturated rings. The molecule has 1 heterocycles. The summed E-state index contributed by atoms with van der Waals surface area (Å²) < 4.78 is 1.41. The minimum Gasteiger partial charge on any atom is -0.325 e. The van der Waals surface area contributed by atoms with Gasteiger partial charge in [0.15, 0.2) is 0 Å². The standard InChI is InChI=1S/C23H22ClN3O2/c1-14-15(2)25-22(18-7-4-8-19(24)11-18)27(23(14)29)13-21(28)26-20-10-9-16-5-3-6-17(16)12-20/h4,7-12H,3,5-6,13H2,1-2H3,(H,26,28). The van der Waals surface area contributed by atoms with E-state index in [1.165, 1.54) is 15.7 Å². The molecule has 0 bridgehead atoms. The molecular formula is C23H22ClN3O2. The maximum atomic E-state index is 12.9. The molecule has 0 unspecified atom stereocenters. The van der Waals surface area contributed by atoms with Crippen molar-refractivity contribution in [1.82, 2.24) is 9.55 Å². The van der Waals surface area contributed by atoms with E-state index in [0.717, 1.165) is 24.9 Å². The molecule has 0 saturated heterocycles. The Labute approximate surface area is 174 Å². The van der Waals surface area contributed by atoms with Crippen LogP contribution < -0.4 is 10.9 Å². The first-order chi connectivity index (χ1) is 13.9. The summed E-state index contributed by atoms with van der Waals surface area (Å²) in [7, 11) is 0. The molecule has 1 aromatic heterocycles. The first-order valence-electron chi connectivity index (χ1n) is 9.68. The zero-order chi connectivity index (χ0) is 20.5. The molecule has 3 aromatic rings. The number of fused-ring (bicyclic) bond motifs is 1. The molecule has 0 spiro atoms. The molecule has 0 saturated carbocycles. The topological polar surface area (TPSA) is 64.0 Å². The second-order valence-electron chi connectivity index (χ2n) is 7.43. The predicted molar refractivity (Wildman–Crippen MR) is 116 cm³/mol. The van der Waals surface area contributed by atoms with Crippen LogP contribution in [0.25, 0.3) is 11.4 Å².